The average molecular weight is 380 g/mol. The second-order valence-corrected chi connectivity index (χ2v) is 8.10. The first-order chi connectivity index (χ1) is 13.5. The van der Waals surface area contributed by atoms with Crippen LogP contribution >= 0.6 is 0 Å². The highest BCUT2D eigenvalue weighted by Crippen LogP contribution is 2.39. The van der Waals surface area contributed by atoms with Gasteiger partial charge in [-0.1, -0.05) is 48.9 Å². The average Bonchev–Trinajstić information content (AvgIpc) is 3.07. The Morgan fingerprint density at radius 3 is 2.39 bits per heavy atom. The Balaban J connectivity index is 1.63. The molecule has 0 radical (unpaired) electrons. The van der Waals surface area contributed by atoms with Crippen LogP contribution in [0.3, 0.4) is 0 Å². The highest BCUT2D eigenvalue weighted by molar-refractivity contribution is 5.86. The fourth-order valence-corrected chi connectivity index (χ4v) is 4.39. The summed E-state index contributed by atoms with van der Waals surface area (Å²) in [6.45, 7) is 0.906. The van der Waals surface area contributed by atoms with E-state index in [2.05, 4.69) is 0 Å². The Morgan fingerprint density at radius 1 is 1.07 bits per heavy atom. The third-order valence-corrected chi connectivity index (χ3v) is 6.35. The molecule has 146 valence electrons. The molecule has 4 rings (SSSR count). The van der Waals surface area contributed by atoms with Gasteiger partial charge in [0.2, 0.25) is 11.8 Å². The molecule has 1 aliphatic heterocycles. The minimum atomic E-state index is -0.805. The van der Waals surface area contributed by atoms with E-state index in [1.807, 2.05) is 24.3 Å². The number of carbonyl (C=O) groups excluding carboxylic acids is 2. The zero-order chi connectivity index (χ0) is 19.7. The minimum Gasteiger partial charge on any atom is -0.369 e. The largest absolute Gasteiger partial charge is 0.369 e. The third-order valence-electron chi connectivity index (χ3n) is 6.35. The highest BCUT2D eigenvalue weighted by Gasteiger charge is 2.46. The zero-order valence-electron chi connectivity index (χ0n) is 15.9. The first-order valence-electron chi connectivity index (χ1n) is 9.92. The predicted octanol–water partition coefficient (Wildman–Crippen LogP) is 3.54. The van der Waals surface area contributed by atoms with Crippen molar-refractivity contribution in [3.8, 4) is 11.1 Å². The molecule has 1 heterocycles. The summed E-state index contributed by atoms with van der Waals surface area (Å²) < 4.78 is 14.4. The number of amides is 2. The van der Waals surface area contributed by atoms with E-state index in [1.54, 1.807) is 23.1 Å². The van der Waals surface area contributed by atoms with E-state index in [0.717, 1.165) is 30.4 Å². The molecular weight excluding hydrogens is 355 g/mol. The van der Waals surface area contributed by atoms with E-state index >= 15 is 0 Å². The molecule has 0 bridgehead atoms. The summed E-state index contributed by atoms with van der Waals surface area (Å²) in [4.78, 5) is 26.9. The van der Waals surface area contributed by atoms with Gasteiger partial charge >= 0.3 is 0 Å². The van der Waals surface area contributed by atoms with Crippen molar-refractivity contribution in [3.63, 3.8) is 0 Å². The topological polar surface area (TPSA) is 63.4 Å². The monoisotopic (exact) mass is 380 g/mol. The molecule has 0 unspecified atom stereocenters. The quantitative estimate of drug-likeness (QED) is 0.862. The van der Waals surface area contributed by atoms with Gasteiger partial charge in [0.15, 0.2) is 0 Å². The smallest absolute Gasteiger partial charge is 0.225 e. The maximum Gasteiger partial charge on any atom is 0.225 e. The normalized spacial score (nSPS) is 22.1. The molecule has 28 heavy (non-hydrogen) atoms. The lowest BCUT2D eigenvalue weighted by Gasteiger charge is -2.31. The van der Waals surface area contributed by atoms with Crippen LogP contribution in [0.15, 0.2) is 48.5 Å². The van der Waals surface area contributed by atoms with Crippen LogP contribution in [0.5, 0.6) is 0 Å². The molecule has 1 atom stereocenters. The number of hydrogen-bond donors (Lipinski definition) is 1. The lowest BCUT2D eigenvalue weighted by molar-refractivity contribution is -0.138. The molecule has 1 aliphatic carbocycles. The summed E-state index contributed by atoms with van der Waals surface area (Å²) in [6, 6.07) is 14.2. The van der Waals surface area contributed by atoms with Gasteiger partial charge in [-0.25, -0.2) is 4.39 Å². The highest BCUT2D eigenvalue weighted by atomic mass is 19.1. The van der Waals surface area contributed by atoms with Crippen LogP contribution in [-0.2, 0) is 16.0 Å². The molecule has 2 N–H and O–H groups in total. The van der Waals surface area contributed by atoms with Crippen molar-refractivity contribution >= 4 is 11.8 Å². The van der Waals surface area contributed by atoms with Gasteiger partial charge in [-0.05, 0) is 42.9 Å². The van der Waals surface area contributed by atoms with E-state index in [9.17, 15) is 14.0 Å². The Labute approximate surface area is 164 Å². The molecule has 0 spiro atoms. The van der Waals surface area contributed by atoms with Crippen LogP contribution < -0.4 is 5.73 Å². The molecule has 0 aromatic heterocycles. The molecule has 5 heteroatoms. The van der Waals surface area contributed by atoms with Gasteiger partial charge < -0.3 is 10.6 Å². The number of primary amides is 1. The van der Waals surface area contributed by atoms with Gasteiger partial charge in [0, 0.05) is 24.6 Å². The second kappa shape index (κ2) is 7.38. The minimum absolute atomic E-state index is 0.106. The standard InChI is InChI=1S/C23H25FN2O2/c24-20-11-4-3-10-19(20)18-9-2-1-6-17(18)14-23(22(25)28)12-13-26(15-23)21(27)16-7-5-8-16/h1-4,6,9-11,16H,5,7-8,12-15H2,(H2,25,28)/t23-/m0/s1. The Morgan fingerprint density at radius 2 is 1.75 bits per heavy atom. The lowest BCUT2D eigenvalue weighted by Crippen LogP contribution is -2.44. The molecule has 2 aromatic carbocycles. The fraction of sp³-hybridized carbons (Fsp3) is 0.391. The summed E-state index contributed by atoms with van der Waals surface area (Å²) in [5.41, 5.74) is 7.19. The summed E-state index contributed by atoms with van der Waals surface area (Å²) in [5.74, 6) is -0.429. The maximum absolute atomic E-state index is 14.4. The van der Waals surface area contributed by atoms with E-state index in [1.165, 1.54) is 6.07 Å². The second-order valence-electron chi connectivity index (χ2n) is 8.10. The van der Waals surface area contributed by atoms with Gasteiger partial charge in [-0.15, -0.1) is 0 Å². The third kappa shape index (κ3) is 3.30. The summed E-state index contributed by atoms with van der Waals surface area (Å²) in [7, 11) is 0. The van der Waals surface area contributed by atoms with E-state index in [-0.39, 0.29) is 23.5 Å². The van der Waals surface area contributed by atoms with E-state index in [4.69, 9.17) is 5.73 Å². The summed E-state index contributed by atoms with van der Waals surface area (Å²) in [6.07, 6.45) is 3.93. The van der Waals surface area contributed by atoms with Crippen molar-refractivity contribution in [2.24, 2.45) is 17.1 Å². The molecule has 2 fully saturated rings. The number of nitrogens with two attached hydrogens (primary N) is 1. The number of hydrogen-bond acceptors (Lipinski definition) is 2. The van der Waals surface area contributed by atoms with Crippen molar-refractivity contribution < 1.29 is 14.0 Å². The Kier molecular flexibility index (Phi) is 4.92. The van der Waals surface area contributed by atoms with Gasteiger partial charge in [0.05, 0.1) is 5.41 Å². The zero-order valence-corrected chi connectivity index (χ0v) is 15.9. The number of likely N-dealkylation sites (tertiary alicyclic amines) is 1. The summed E-state index contributed by atoms with van der Waals surface area (Å²) in [5, 5.41) is 0. The van der Waals surface area contributed by atoms with Crippen LogP contribution in [0.25, 0.3) is 11.1 Å². The molecule has 2 aromatic rings. The number of carbonyl (C=O) groups is 2. The van der Waals surface area contributed by atoms with Crippen LogP contribution in [0, 0.1) is 17.2 Å². The van der Waals surface area contributed by atoms with E-state index in [0.29, 0.717) is 31.5 Å². The molecule has 2 aliphatic rings. The first-order valence-corrected chi connectivity index (χ1v) is 9.92. The Hall–Kier alpha value is -2.69. The lowest BCUT2D eigenvalue weighted by atomic mass is 9.78. The maximum atomic E-state index is 14.4. The van der Waals surface area contributed by atoms with Crippen molar-refractivity contribution in [1.29, 1.82) is 0 Å². The predicted molar refractivity (Wildman–Crippen MR) is 106 cm³/mol. The van der Waals surface area contributed by atoms with Crippen molar-refractivity contribution in [2.45, 2.75) is 32.1 Å². The molecular formula is C23H25FN2O2. The van der Waals surface area contributed by atoms with Crippen molar-refractivity contribution in [3.05, 3.63) is 59.9 Å². The molecule has 1 saturated heterocycles. The Bertz CT molecular complexity index is 909. The molecule has 4 nitrogen and oxygen atoms in total. The van der Waals surface area contributed by atoms with E-state index < -0.39 is 5.41 Å². The number of benzene rings is 2. The van der Waals surface area contributed by atoms with Gasteiger partial charge in [-0.2, -0.15) is 0 Å². The van der Waals surface area contributed by atoms with Crippen LogP contribution in [0.1, 0.15) is 31.2 Å². The fourth-order valence-electron chi connectivity index (χ4n) is 4.39. The molecule has 2 amide bonds. The van der Waals surface area contributed by atoms with Gasteiger partial charge in [0.1, 0.15) is 5.82 Å². The molecule has 1 saturated carbocycles. The first kappa shape index (κ1) is 18.7. The van der Waals surface area contributed by atoms with Crippen LogP contribution in [0.4, 0.5) is 4.39 Å². The number of rotatable bonds is 5. The van der Waals surface area contributed by atoms with Crippen molar-refractivity contribution in [1.82, 2.24) is 4.90 Å². The van der Waals surface area contributed by atoms with Gasteiger partial charge in [0.25, 0.3) is 0 Å². The summed E-state index contributed by atoms with van der Waals surface area (Å²) >= 11 is 0. The number of halogens is 1. The number of nitrogens with zero attached hydrogens (tertiary/aromatic N) is 1. The SMILES string of the molecule is NC(=O)[C@]1(Cc2ccccc2-c2ccccc2F)CCN(C(=O)C2CCC2)C1. The van der Waals surface area contributed by atoms with Crippen molar-refractivity contribution in [2.75, 3.05) is 13.1 Å². The van der Waals surface area contributed by atoms with Crippen LogP contribution in [-0.4, -0.2) is 29.8 Å². The van der Waals surface area contributed by atoms with Crippen LogP contribution in [0.2, 0.25) is 0 Å². The van der Waals surface area contributed by atoms with Gasteiger partial charge in [-0.3, -0.25) is 9.59 Å².